The lowest BCUT2D eigenvalue weighted by Gasteiger charge is -2.34. The fraction of sp³-hybridized carbons (Fsp3) is 0.217. The van der Waals surface area contributed by atoms with E-state index in [1.54, 1.807) is 18.5 Å². The smallest absolute Gasteiger partial charge is 0.167 e. The van der Waals surface area contributed by atoms with Crippen molar-refractivity contribution in [3.05, 3.63) is 66.5 Å². The molecule has 1 unspecified atom stereocenters. The maximum Gasteiger partial charge on any atom is 0.167 e. The predicted octanol–water partition coefficient (Wildman–Crippen LogP) is 3.15. The monoisotopic (exact) mass is 395 g/mol. The van der Waals surface area contributed by atoms with Crippen molar-refractivity contribution in [3.63, 3.8) is 0 Å². The molecule has 1 fully saturated rings. The zero-order valence-electron chi connectivity index (χ0n) is 16.7. The molecule has 3 aromatic heterocycles. The summed E-state index contributed by atoms with van der Waals surface area (Å²) in [6, 6.07) is 18.1. The lowest BCUT2D eigenvalue weighted by molar-refractivity contribution is 0.497. The molecule has 148 valence electrons. The average molecular weight is 395 g/mol. The average Bonchev–Trinajstić information content (AvgIpc) is 3.19. The van der Waals surface area contributed by atoms with Crippen molar-refractivity contribution < 1.29 is 0 Å². The van der Waals surface area contributed by atoms with E-state index in [4.69, 9.17) is 9.97 Å². The van der Waals surface area contributed by atoms with Crippen molar-refractivity contribution in [2.75, 3.05) is 24.5 Å². The van der Waals surface area contributed by atoms with Gasteiger partial charge in [-0.3, -0.25) is 9.55 Å². The number of piperazine rings is 1. The van der Waals surface area contributed by atoms with Crippen LogP contribution in [0.3, 0.4) is 0 Å². The van der Waals surface area contributed by atoms with Crippen molar-refractivity contribution in [2.45, 2.75) is 13.0 Å². The molecule has 4 heterocycles. The van der Waals surface area contributed by atoms with E-state index in [-0.39, 0.29) is 0 Å². The highest BCUT2D eigenvalue weighted by molar-refractivity contribution is 5.81. The second-order valence-electron chi connectivity index (χ2n) is 7.43. The van der Waals surface area contributed by atoms with Crippen LogP contribution in [0.15, 0.2) is 60.9 Å². The molecular weight excluding hydrogens is 374 g/mol. The highest BCUT2D eigenvalue weighted by atomic mass is 15.3. The molecule has 1 atom stereocenters. The lowest BCUT2D eigenvalue weighted by atomic mass is 10.1. The fourth-order valence-corrected chi connectivity index (χ4v) is 3.95. The molecule has 0 spiro atoms. The Morgan fingerprint density at radius 1 is 1.10 bits per heavy atom. The van der Waals surface area contributed by atoms with Crippen LogP contribution < -0.4 is 10.2 Å². The van der Waals surface area contributed by atoms with E-state index in [0.29, 0.717) is 11.6 Å². The third kappa shape index (κ3) is 3.17. The topological polar surface area (TPSA) is 82.7 Å². The van der Waals surface area contributed by atoms with E-state index >= 15 is 0 Å². The summed E-state index contributed by atoms with van der Waals surface area (Å²) in [5.41, 5.74) is 4.02. The molecule has 1 N–H and O–H groups in total. The van der Waals surface area contributed by atoms with Crippen LogP contribution in [0.1, 0.15) is 12.5 Å². The first-order chi connectivity index (χ1) is 14.7. The van der Waals surface area contributed by atoms with Crippen molar-refractivity contribution in [1.29, 1.82) is 5.26 Å². The molecule has 0 radical (unpaired) electrons. The summed E-state index contributed by atoms with van der Waals surface area (Å²) in [5, 5.41) is 12.8. The first kappa shape index (κ1) is 18.3. The van der Waals surface area contributed by atoms with E-state index in [0.717, 1.165) is 53.7 Å². The number of nitrogens with zero attached hydrogens (tertiary/aromatic N) is 6. The molecule has 0 amide bonds. The normalized spacial score (nSPS) is 16.5. The summed E-state index contributed by atoms with van der Waals surface area (Å²) in [6.45, 7) is 5.01. The van der Waals surface area contributed by atoms with Gasteiger partial charge in [0.2, 0.25) is 0 Å². The van der Waals surface area contributed by atoms with Gasteiger partial charge >= 0.3 is 0 Å². The third-order valence-electron chi connectivity index (χ3n) is 5.46. The Hall–Kier alpha value is -3.76. The van der Waals surface area contributed by atoms with Gasteiger partial charge in [-0.05, 0) is 43.3 Å². The lowest BCUT2D eigenvalue weighted by Crippen LogP contribution is -2.50. The molecule has 0 aliphatic carbocycles. The molecule has 1 aliphatic rings. The number of fused-ring (bicyclic) bond motifs is 1. The van der Waals surface area contributed by atoms with Crippen molar-refractivity contribution >= 4 is 17.0 Å². The quantitative estimate of drug-likeness (QED) is 0.574. The van der Waals surface area contributed by atoms with Crippen LogP contribution in [-0.4, -0.2) is 45.2 Å². The van der Waals surface area contributed by atoms with Gasteiger partial charge < -0.3 is 10.2 Å². The minimum Gasteiger partial charge on any atom is -0.351 e. The number of hydrogen-bond acceptors (Lipinski definition) is 6. The van der Waals surface area contributed by atoms with Crippen LogP contribution in [-0.2, 0) is 0 Å². The Bertz CT molecular complexity index is 1240. The Morgan fingerprint density at radius 3 is 2.77 bits per heavy atom. The number of rotatable bonds is 3. The zero-order valence-corrected chi connectivity index (χ0v) is 16.7. The fourth-order valence-electron chi connectivity index (χ4n) is 3.95. The maximum absolute atomic E-state index is 9.33. The molecule has 0 bridgehead atoms. The van der Waals surface area contributed by atoms with E-state index in [1.807, 2.05) is 47.0 Å². The third-order valence-corrected chi connectivity index (χ3v) is 5.46. The number of imidazole rings is 1. The number of hydrogen-bond donors (Lipinski definition) is 1. The molecule has 30 heavy (non-hydrogen) atoms. The van der Waals surface area contributed by atoms with Gasteiger partial charge in [-0.1, -0.05) is 12.1 Å². The van der Waals surface area contributed by atoms with Gasteiger partial charge in [-0.15, -0.1) is 0 Å². The number of anilines is 1. The first-order valence-corrected chi connectivity index (χ1v) is 10.0. The predicted molar refractivity (Wildman–Crippen MR) is 116 cm³/mol. The number of pyridine rings is 2. The Labute approximate surface area is 174 Å². The summed E-state index contributed by atoms with van der Waals surface area (Å²) in [7, 11) is 0. The zero-order chi connectivity index (χ0) is 20.5. The summed E-state index contributed by atoms with van der Waals surface area (Å²) < 4.78 is 2.05. The Kier molecular flexibility index (Phi) is 4.62. The van der Waals surface area contributed by atoms with Crippen molar-refractivity contribution in [3.8, 4) is 23.1 Å². The second-order valence-corrected chi connectivity index (χ2v) is 7.43. The molecule has 0 saturated carbocycles. The van der Waals surface area contributed by atoms with Gasteiger partial charge in [0.25, 0.3) is 0 Å². The first-order valence-electron chi connectivity index (χ1n) is 10.0. The molecule has 7 nitrogen and oxygen atoms in total. The number of nitrogens with one attached hydrogen (secondary N) is 1. The van der Waals surface area contributed by atoms with Gasteiger partial charge in [0, 0.05) is 43.6 Å². The summed E-state index contributed by atoms with van der Waals surface area (Å²) in [4.78, 5) is 16.4. The Morgan fingerprint density at radius 2 is 1.97 bits per heavy atom. The summed E-state index contributed by atoms with van der Waals surface area (Å²) in [6.07, 6.45) is 3.53. The van der Waals surface area contributed by atoms with Crippen LogP contribution in [0.4, 0.5) is 5.82 Å². The van der Waals surface area contributed by atoms with Crippen molar-refractivity contribution in [2.24, 2.45) is 0 Å². The molecule has 5 rings (SSSR count). The molecule has 1 aromatic carbocycles. The van der Waals surface area contributed by atoms with E-state index in [9.17, 15) is 5.26 Å². The SMILES string of the molecule is CC1CNCCN1c1ccc2nc(-c3cccc(C#N)c3)n(-c3ccncc3)c2n1. The van der Waals surface area contributed by atoms with Gasteiger partial charge in [0.05, 0.1) is 17.3 Å². The standard InChI is InChI=1S/C23H21N7/c1-16-15-26-11-12-29(16)21-6-5-20-23(28-21)30(19-7-9-25-10-8-19)22(27-20)18-4-2-3-17(13-18)14-24/h2-10,13,16,26H,11-12,15H2,1H3. The highest BCUT2D eigenvalue weighted by Crippen LogP contribution is 2.30. The summed E-state index contributed by atoms with van der Waals surface area (Å²) in [5.74, 6) is 1.70. The summed E-state index contributed by atoms with van der Waals surface area (Å²) >= 11 is 0. The molecule has 7 heteroatoms. The van der Waals surface area contributed by atoms with Gasteiger partial charge in [-0.2, -0.15) is 5.26 Å². The van der Waals surface area contributed by atoms with E-state index in [1.165, 1.54) is 0 Å². The minimum atomic E-state index is 0.368. The van der Waals surface area contributed by atoms with Gasteiger partial charge in [-0.25, -0.2) is 9.97 Å². The molecule has 1 saturated heterocycles. The second kappa shape index (κ2) is 7.58. The Balaban J connectivity index is 1.73. The van der Waals surface area contributed by atoms with Gasteiger partial charge in [0.15, 0.2) is 5.65 Å². The van der Waals surface area contributed by atoms with Crippen LogP contribution in [0.25, 0.3) is 28.2 Å². The van der Waals surface area contributed by atoms with Crippen molar-refractivity contribution in [1.82, 2.24) is 24.8 Å². The maximum atomic E-state index is 9.33. The van der Waals surface area contributed by atoms with E-state index < -0.39 is 0 Å². The van der Waals surface area contributed by atoms with Crippen LogP contribution in [0.2, 0.25) is 0 Å². The molecule has 1 aliphatic heterocycles. The highest BCUT2D eigenvalue weighted by Gasteiger charge is 2.22. The van der Waals surface area contributed by atoms with Crippen LogP contribution in [0, 0.1) is 11.3 Å². The minimum absolute atomic E-state index is 0.368. The number of benzene rings is 1. The van der Waals surface area contributed by atoms with Gasteiger partial charge in [0.1, 0.15) is 17.2 Å². The largest absolute Gasteiger partial charge is 0.351 e. The van der Waals surface area contributed by atoms with Crippen LogP contribution >= 0.6 is 0 Å². The molecular formula is C23H21N7. The van der Waals surface area contributed by atoms with E-state index in [2.05, 4.69) is 28.2 Å². The molecule has 4 aromatic rings. The van der Waals surface area contributed by atoms with Crippen LogP contribution in [0.5, 0.6) is 0 Å². The number of aromatic nitrogens is 4. The number of nitriles is 1.